The molecule has 0 unspecified atom stereocenters. The fourth-order valence-corrected chi connectivity index (χ4v) is 1.94. The molecule has 0 heterocycles. The second-order valence-electron chi connectivity index (χ2n) is 2.98. The summed E-state index contributed by atoms with van der Waals surface area (Å²) in [5.74, 6) is -0.760. The summed E-state index contributed by atoms with van der Waals surface area (Å²) in [6.07, 6.45) is 1.07. The molecule has 0 aliphatic carbocycles. The van der Waals surface area contributed by atoms with E-state index in [9.17, 15) is 12.8 Å². The van der Waals surface area contributed by atoms with Gasteiger partial charge in [-0.2, -0.15) is 0 Å². The smallest absolute Gasteiger partial charge is 0.178 e. The molecule has 78 valence electrons. The molecule has 3 nitrogen and oxygen atoms in total. The van der Waals surface area contributed by atoms with Gasteiger partial charge in [0.25, 0.3) is 0 Å². The minimum Gasteiger partial charge on any atom is -0.396 e. The third-order valence-electron chi connectivity index (χ3n) is 1.82. The predicted molar refractivity (Wildman–Crippen MR) is 50.3 cm³/mol. The summed E-state index contributed by atoms with van der Waals surface area (Å²) in [7, 11) is -3.53. The number of hydrogen-bond acceptors (Lipinski definition) is 3. The number of halogens is 1. The zero-order valence-electron chi connectivity index (χ0n) is 7.70. The lowest BCUT2D eigenvalue weighted by Gasteiger charge is -2.05. The van der Waals surface area contributed by atoms with Crippen LogP contribution in [0.15, 0.2) is 23.1 Å². The zero-order valence-corrected chi connectivity index (χ0v) is 8.51. The number of sulfone groups is 1. The van der Waals surface area contributed by atoms with Crippen molar-refractivity contribution in [2.24, 2.45) is 0 Å². The van der Waals surface area contributed by atoms with E-state index in [2.05, 4.69) is 0 Å². The third-order valence-corrected chi connectivity index (χ3v) is 2.94. The Morgan fingerprint density at radius 2 is 2.07 bits per heavy atom. The van der Waals surface area contributed by atoms with Crippen LogP contribution in [0.3, 0.4) is 0 Å². The van der Waals surface area contributed by atoms with Crippen LogP contribution in [0, 0.1) is 5.82 Å². The van der Waals surface area contributed by atoms with Crippen LogP contribution in [0.1, 0.15) is 5.56 Å². The van der Waals surface area contributed by atoms with Crippen LogP contribution in [0.5, 0.6) is 0 Å². The molecular weight excluding hydrogens is 207 g/mol. The van der Waals surface area contributed by atoms with Crippen molar-refractivity contribution in [1.29, 1.82) is 0 Å². The molecular formula is C9H11FO3S. The highest BCUT2D eigenvalue weighted by Gasteiger charge is 2.15. The van der Waals surface area contributed by atoms with Crippen LogP contribution >= 0.6 is 0 Å². The Morgan fingerprint density at radius 1 is 1.43 bits per heavy atom. The van der Waals surface area contributed by atoms with Gasteiger partial charge in [-0.3, -0.25) is 0 Å². The molecule has 0 aliphatic rings. The van der Waals surface area contributed by atoms with Gasteiger partial charge in [0, 0.05) is 12.9 Å². The summed E-state index contributed by atoms with van der Waals surface area (Å²) in [5.41, 5.74) is 0.218. The van der Waals surface area contributed by atoms with Gasteiger partial charge in [-0.15, -0.1) is 0 Å². The first kappa shape index (κ1) is 11.1. The van der Waals surface area contributed by atoms with Gasteiger partial charge in [0.1, 0.15) is 10.7 Å². The van der Waals surface area contributed by atoms with Crippen LogP contribution in [0.2, 0.25) is 0 Å². The van der Waals surface area contributed by atoms with E-state index in [1.165, 1.54) is 18.2 Å². The largest absolute Gasteiger partial charge is 0.396 e. The molecule has 0 spiro atoms. The Bertz CT molecular complexity index is 426. The number of hydrogen-bond donors (Lipinski definition) is 1. The van der Waals surface area contributed by atoms with Crippen molar-refractivity contribution in [3.63, 3.8) is 0 Å². The van der Waals surface area contributed by atoms with Crippen molar-refractivity contribution in [1.82, 2.24) is 0 Å². The lowest BCUT2D eigenvalue weighted by molar-refractivity contribution is 0.297. The first-order valence-electron chi connectivity index (χ1n) is 4.05. The average molecular weight is 218 g/mol. The topological polar surface area (TPSA) is 54.4 Å². The van der Waals surface area contributed by atoms with Gasteiger partial charge in [0.2, 0.25) is 0 Å². The SMILES string of the molecule is CS(=O)(=O)c1cccc(CCO)c1F. The van der Waals surface area contributed by atoms with Crippen molar-refractivity contribution in [3.8, 4) is 0 Å². The molecule has 0 aliphatic heterocycles. The first-order valence-corrected chi connectivity index (χ1v) is 5.94. The fraction of sp³-hybridized carbons (Fsp3) is 0.333. The van der Waals surface area contributed by atoms with Gasteiger partial charge in [-0.05, 0) is 18.1 Å². The second kappa shape index (κ2) is 4.06. The number of rotatable bonds is 3. The molecule has 0 saturated carbocycles. The average Bonchev–Trinajstić information content (AvgIpc) is 2.07. The maximum atomic E-state index is 13.5. The highest BCUT2D eigenvalue weighted by Crippen LogP contribution is 2.18. The van der Waals surface area contributed by atoms with Crippen molar-refractivity contribution in [3.05, 3.63) is 29.6 Å². The molecule has 1 N–H and O–H groups in total. The van der Waals surface area contributed by atoms with Gasteiger partial charge in [-0.1, -0.05) is 12.1 Å². The second-order valence-corrected chi connectivity index (χ2v) is 4.96. The zero-order chi connectivity index (χ0) is 10.8. The Hall–Kier alpha value is -0.940. The van der Waals surface area contributed by atoms with Crippen LogP contribution in [0.4, 0.5) is 4.39 Å². The monoisotopic (exact) mass is 218 g/mol. The Morgan fingerprint density at radius 3 is 2.57 bits per heavy atom. The molecule has 1 rings (SSSR count). The summed E-state index contributed by atoms with van der Waals surface area (Å²) in [6, 6.07) is 4.14. The third kappa shape index (κ3) is 2.30. The summed E-state index contributed by atoms with van der Waals surface area (Å²) in [5, 5.41) is 8.62. The lowest BCUT2D eigenvalue weighted by Crippen LogP contribution is -2.04. The maximum absolute atomic E-state index is 13.5. The van der Waals surface area contributed by atoms with Crippen molar-refractivity contribution in [2.45, 2.75) is 11.3 Å². The van der Waals surface area contributed by atoms with Gasteiger partial charge < -0.3 is 5.11 Å². The molecule has 0 amide bonds. The van der Waals surface area contributed by atoms with E-state index in [4.69, 9.17) is 5.11 Å². The van der Waals surface area contributed by atoms with E-state index < -0.39 is 15.7 Å². The van der Waals surface area contributed by atoms with Crippen LogP contribution < -0.4 is 0 Å². The van der Waals surface area contributed by atoms with Crippen molar-refractivity contribution < 1.29 is 17.9 Å². The summed E-state index contributed by atoms with van der Waals surface area (Å²) in [6.45, 7) is -0.204. The lowest BCUT2D eigenvalue weighted by atomic mass is 10.1. The standard InChI is InChI=1S/C9H11FO3S/c1-14(12,13)8-4-2-3-7(5-6-11)9(8)10/h2-4,11H,5-6H2,1H3. The number of aliphatic hydroxyl groups is 1. The number of benzene rings is 1. The predicted octanol–water partition coefficient (Wildman–Crippen LogP) is 0.764. The molecule has 0 bridgehead atoms. The molecule has 0 radical (unpaired) electrons. The summed E-state index contributed by atoms with van der Waals surface area (Å²) < 4.78 is 35.7. The van der Waals surface area contributed by atoms with E-state index in [0.717, 1.165) is 6.26 Å². The van der Waals surface area contributed by atoms with Gasteiger partial charge in [0.15, 0.2) is 9.84 Å². The highest BCUT2D eigenvalue weighted by atomic mass is 32.2. The van der Waals surface area contributed by atoms with Crippen LogP contribution in [0.25, 0.3) is 0 Å². The molecule has 5 heteroatoms. The minimum absolute atomic E-state index is 0.120. The summed E-state index contributed by atoms with van der Waals surface area (Å²) in [4.78, 5) is -0.316. The van der Waals surface area contributed by atoms with Crippen molar-refractivity contribution in [2.75, 3.05) is 12.9 Å². The molecule has 1 aromatic rings. The van der Waals surface area contributed by atoms with E-state index in [0.29, 0.717) is 0 Å². The Balaban J connectivity index is 3.28. The summed E-state index contributed by atoms with van der Waals surface area (Å²) >= 11 is 0. The van der Waals surface area contributed by atoms with Gasteiger partial charge >= 0.3 is 0 Å². The van der Waals surface area contributed by atoms with Crippen LogP contribution in [-0.4, -0.2) is 26.4 Å². The minimum atomic E-state index is -3.53. The molecule has 14 heavy (non-hydrogen) atoms. The molecule has 0 saturated heterocycles. The maximum Gasteiger partial charge on any atom is 0.178 e. The first-order chi connectivity index (χ1) is 6.46. The number of aliphatic hydroxyl groups excluding tert-OH is 1. The van der Waals surface area contributed by atoms with Gasteiger partial charge in [0.05, 0.1) is 0 Å². The van der Waals surface area contributed by atoms with E-state index >= 15 is 0 Å². The van der Waals surface area contributed by atoms with Gasteiger partial charge in [-0.25, -0.2) is 12.8 Å². The molecule has 0 fully saturated rings. The fourth-order valence-electron chi connectivity index (χ4n) is 1.16. The normalized spacial score (nSPS) is 11.6. The van der Waals surface area contributed by atoms with Crippen molar-refractivity contribution >= 4 is 9.84 Å². The Labute approximate surface area is 82.1 Å². The van der Waals surface area contributed by atoms with Crippen LogP contribution in [-0.2, 0) is 16.3 Å². The quantitative estimate of drug-likeness (QED) is 0.815. The Kier molecular flexibility index (Phi) is 3.23. The molecule has 0 atom stereocenters. The molecule has 1 aromatic carbocycles. The van der Waals surface area contributed by atoms with E-state index in [-0.39, 0.29) is 23.5 Å². The van der Waals surface area contributed by atoms with E-state index in [1.807, 2.05) is 0 Å². The highest BCUT2D eigenvalue weighted by molar-refractivity contribution is 7.90. The molecule has 0 aromatic heterocycles. The van der Waals surface area contributed by atoms with E-state index in [1.54, 1.807) is 0 Å².